The van der Waals surface area contributed by atoms with Gasteiger partial charge < -0.3 is 23.7 Å². The topological polar surface area (TPSA) is 89.3 Å². The number of amides is 1. The smallest absolute Gasteiger partial charge is 0.410 e. The predicted molar refractivity (Wildman–Crippen MR) is 109 cm³/mol. The molecule has 0 atom stereocenters. The number of Topliss-reactive ketones (excluding diaryl/α,β-unsaturated/α-hetero) is 1. The van der Waals surface area contributed by atoms with Gasteiger partial charge in [0.05, 0.1) is 12.8 Å². The highest BCUT2D eigenvalue weighted by Crippen LogP contribution is 2.32. The van der Waals surface area contributed by atoms with Crippen LogP contribution < -0.4 is 15.3 Å². The monoisotopic (exact) mass is 402 g/mol. The molecule has 1 amide bonds. The minimum absolute atomic E-state index is 0.0217. The number of ketones is 1. The first-order valence-corrected chi connectivity index (χ1v) is 9.49. The summed E-state index contributed by atoms with van der Waals surface area (Å²) in [6.45, 7) is 8.59. The highest BCUT2D eigenvalue weighted by Gasteiger charge is 2.29. The number of benzene rings is 1. The van der Waals surface area contributed by atoms with Crippen molar-refractivity contribution >= 4 is 28.5 Å². The fourth-order valence-electron chi connectivity index (χ4n) is 3.37. The zero-order valence-corrected chi connectivity index (χ0v) is 17.4. The zero-order valence-electron chi connectivity index (χ0n) is 17.4. The van der Waals surface area contributed by atoms with Gasteiger partial charge in [-0.05, 0) is 39.8 Å². The second-order valence-corrected chi connectivity index (χ2v) is 7.99. The van der Waals surface area contributed by atoms with Gasteiger partial charge in [-0.15, -0.1) is 0 Å². The number of hydrogen-bond acceptors (Lipinski definition) is 7. The van der Waals surface area contributed by atoms with Gasteiger partial charge in [-0.25, -0.2) is 9.59 Å². The lowest BCUT2D eigenvalue weighted by molar-refractivity contribution is 0.0240. The van der Waals surface area contributed by atoms with Gasteiger partial charge >= 0.3 is 11.7 Å². The zero-order chi connectivity index (χ0) is 21.3. The SMILES string of the molecule is COc1ccc2c(N3CCN(C(=O)OC(C)(C)C)CC3)c(C(C)=O)c(=O)oc2c1. The maximum Gasteiger partial charge on any atom is 0.410 e. The molecule has 0 radical (unpaired) electrons. The van der Waals surface area contributed by atoms with Crippen molar-refractivity contribution in [2.24, 2.45) is 0 Å². The number of piperazine rings is 1. The van der Waals surface area contributed by atoms with Gasteiger partial charge in [0, 0.05) is 37.6 Å². The van der Waals surface area contributed by atoms with Crippen LogP contribution in [0.2, 0.25) is 0 Å². The molecule has 156 valence electrons. The number of rotatable bonds is 3. The molecule has 8 heteroatoms. The molecule has 1 aromatic heterocycles. The Morgan fingerprint density at radius 1 is 1.10 bits per heavy atom. The summed E-state index contributed by atoms with van der Waals surface area (Å²) in [4.78, 5) is 40.7. The van der Waals surface area contributed by atoms with E-state index in [-0.39, 0.29) is 17.4 Å². The molecule has 1 aliphatic heterocycles. The minimum atomic E-state index is -0.678. The van der Waals surface area contributed by atoms with Crippen molar-refractivity contribution in [3.8, 4) is 5.75 Å². The quantitative estimate of drug-likeness (QED) is 0.576. The molecule has 8 nitrogen and oxygen atoms in total. The normalized spacial score (nSPS) is 14.8. The molecule has 2 aromatic rings. The first-order chi connectivity index (χ1) is 13.6. The van der Waals surface area contributed by atoms with Crippen molar-refractivity contribution in [1.82, 2.24) is 4.90 Å². The Morgan fingerprint density at radius 2 is 1.76 bits per heavy atom. The highest BCUT2D eigenvalue weighted by molar-refractivity contribution is 6.06. The van der Waals surface area contributed by atoms with E-state index in [0.717, 1.165) is 0 Å². The number of anilines is 1. The molecule has 0 N–H and O–H groups in total. The lowest BCUT2D eigenvalue weighted by atomic mass is 10.1. The Morgan fingerprint density at radius 3 is 2.31 bits per heavy atom. The van der Waals surface area contributed by atoms with Crippen LogP contribution in [0.25, 0.3) is 11.0 Å². The van der Waals surface area contributed by atoms with E-state index in [1.807, 2.05) is 25.7 Å². The Hall–Kier alpha value is -3.03. The van der Waals surface area contributed by atoms with Crippen LogP contribution in [-0.2, 0) is 4.74 Å². The molecule has 0 unspecified atom stereocenters. The summed E-state index contributed by atoms with van der Waals surface area (Å²) in [6, 6.07) is 5.16. The molecule has 1 aliphatic rings. The third kappa shape index (κ3) is 4.36. The Labute approximate surface area is 169 Å². The molecule has 1 aromatic carbocycles. The van der Waals surface area contributed by atoms with Gasteiger partial charge in [-0.2, -0.15) is 0 Å². The summed E-state index contributed by atoms with van der Waals surface area (Å²) in [5.41, 5.74) is -0.334. The standard InChI is InChI=1S/C21H26N2O6/c1-13(24)17-18(15-7-6-14(27-5)12-16(15)28-19(17)25)22-8-10-23(11-9-22)20(26)29-21(2,3)4/h6-7,12H,8-11H2,1-5H3. The van der Waals surface area contributed by atoms with Crippen molar-refractivity contribution in [1.29, 1.82) is 0 Å². The molecule has 1 saturated heterocycles. The van der Waals surface area contributed by atoms with Crippen LogP contribution in [0.3, 0.4) is 0 Å². The Balaban J connectivity index is 1.95. The van der Waals surface area contributed by atoms with Gasteiger partial charge in [0.2, 0.25) is 0 Å². The van der Waals surface area contributed by atoms with Crippen LogP contribution in [0.15, 0.2) is 27.4 Å². The van der Waals surface area contributed by atoms with Crippen molar-refractivity contribution < 1.29 is 23.5 Å². The van der Waals surface area contributed by atoms with Gasteiger partial charge in [-0.3, -0.25) is 4.79 Å². The summed E-state index contributed by atoms with van der Waals surface area (Å²) >= 11 is 0. The Bertz CT molecular complexity index is 997. The minimum Gasteiger partial charge on any atom is -0.497 e. The number of ether oxygens (including phenoxy) is 2. The fraction of sp³-hybridized carbons (Fsp3) is 0.476. The maximum absolute atomic E-state index is 12.5. The number of carbonyl (C=O) groups excluding carboxylic acids is 2. The van der Waals surface area contributed by atoms with E-state index >= 15 is 0 Å². The summed E-state index contributed by atoms with van der Waals surface area (Å²) < 4.78 is 16.0. The maximum atomic E-state index is 12.5. The molecule has 0 bridgehead atoms. The van der Waals surface area contributed by atoms with E-state index in [1.54, 1.807) is 23.1 Å². The van der Waals surface area contributed by atoms with Crippen LogP contribution in [0.5, 0.6) is 5.75 Å². The van der Waals surface area contributed by atoms with Gasteiger partial charge in [0.25, 0.3) is 0 Å². The summed E-state index contributed by atoms with van der Waals surface area (Å²) in [6.07, 6.45) is -0.369. The van der Waals surface area contributed by atoms with E-state index in [4.69, 9.17) is 13.9 Å². The first-order valence-electron chi connectivity index (χ1n) is 9.49. The van der Waals surface area contributed by atoms with Crippen LogP contribution in [0, 0.1) is 0 Å². The molecular formula is C21H26N2O6. The first kappa shape index (κ1) is 20.7. The fourth-order valence-corrected chi connectivity index (χ4v) is 3.37. The second-order valence-electron chi connectivity index (χ2n) is 7.99. The van der Waals surface area contributed by atoms with E-state index in [2.05, 4.69) is 0 Å². The van der Waals surface area contributed by atoms with Crippen LogP contribution >= 0.6 is 0 Å². The average Bonchev–Trinajstić information content (AvgIpc) is 2.64. The van der Waals surface area contributed by atoms with Crippen molar-refractivity contribution in [2.45, 2.75) is 33.3 Å². The van der Waals surface area contributed by atoms with Gasteiger partial charge in [0.15, 0.2) is 5.78 Å². The number of carbonyl (C=O) groups is 2. The van der Waals surface area contributed by atoms with E-state index in [1.165, 1.54) is 14.0 Å². The lowest BCUT2D eigenvalue weighted by Gasteiger charge is -2.37. The third-order valence-corrected chi connectivity index (χ3v) is 4.69. The molecule has 29 heavy (non-hydrogen) atoms. The van der Waals surface area contributed by atoms with Crippen molar-refractivity contribution in [3.63, 3.8) is 0 Å². The molecule has 2 heterocycles. The molecular weight excluding hydrogens is 376 g/mol. The van der Waals surface area contributed by atoms with Crippen LogP contribution in [0.1, 0.15) is 38.1 Å². The number of nitrogens with zero attached hydrogens (tertiary/aromatic N) is 2. The van der Waals surface area contributed by atoms with E-state index in [9.17, 15) is 14.4 Å². The number of fused-ring (bicyclic) bond motifs is 1. The van der Waals surface area contributed by atoms with Crippen LogP contribution in [0.4, 0.5) is 10.5 Å². The van der Waals surface area contributed by atoms with Crippen molar-refractivity contribution in [2.75, 3.05) is 38.2 Å². The molecule has 1 fully saturated rings. The van der Waals surface area contributed by atoms with E-state index < -0.39 is 11.2 Å². The average molecular weight is 402 g/mol. The summed E-state index contributed by atoms with van der Waals surface area (Å²) in [5.74, 6) is 0.193. The molecule has 0 spiro atoms. The Kier molecular flexibility index (Phi) is 5.55. The van der Waals surface area contributed by atoms with Crippen molar-refractivity contribution in [3.05, 3.63) is 34.2 Å². The molecule has 0 aliphatic carbocycles. The van der Waals surface area contributed by atoms with E-state index in [0.29, 0.717) is 48.6 Å². The number of methoxy groups -OCH3 is 1. The van der Waals surface area contributed by atoms with Gasteiger partial charge in [-0.1, -0.05) is 0 Å². The van der Waals surface area contributed by atoms with Crippen LogP contribution in [-0.4, -0.2) is 55.7 Å². The largest absolute Gasteiger partial charge is 0.497 e. The summed E-state index contributed by atoms with van der Waals surface area (Å²) in [5, 5.41) is 0.654. The third-order valence-electron chi connectivity index (χ3n) is 4.69. The second kappa shape index (κ2) is 7.77. The van der Waals surface area contributed by atoms with Gasteiger partial charge in [0.1, 0.15) is 22.5 Å². The predicted octanol–water partition coefficient (Wildman–Crippen LogP) is 3.06. The number of hydrogen-bond donors (Lipinski definition) is 0. The molecule has 0 saturated carbocycles. The highest BCUT2D eigenvalue weighted by atomic mass is 16.6. The molecule has 3 rings (SSSR count). The lowest BCUT2D eigenvalue weighted by Crippen LogP contribution is -2.50. The summed E-state index contributed by atoms with van der Waals surface area (Å²) in [7, 11) is 1.53.